The van der Waals surface area contributed by atoms with Gasteiger partial charge in [-0.15, -0.1) is 0 Å². The Morgan fingerprint density at radius 1 is 1.06 bits per heavy atom. The topological polar surface area (TPSA) is 44.9 Å². The second-order valence-electron chi connectivity index (χ2n) is 3.59. The standard InChI is InChI=1S/C14H10N2O2/c1-15-11-6-5-9-13(10-11)16(14(17)18)12-7-3-2-4-8-12/h2-10H,(H,17,18). The number of benzene rings is 2. The minimum absolute atomic E-state index is 0.412. The van der Waals surface area contributed by atoms with E-state index in [0.717, 1.165) is 4.90 Å². The molecule has 88 valence electrons. The Labute approximate surface area is 105 Å². The molecular weight excluding hydrogens is 228 g/mol. The molecule has 0 saturated heterocycles. The molecule has 0 aliphatic carbocycles. The first kappa shape index (κ1) is 11.7. The van der Waals surface area contributed by atoms with E-state index >= 15 is 0 Å². The summed E-state index contributed by atoms with van der Waals surface area (Å²) in [4.78, 5) is 15.8. The van der Waals surface area contributed by atoms with Crippen LogP contribution in [0.4, 0.5) is 21.9 Å². The van der Waals surface area contributed by atoms with E-state index in [1.165, 1.54) is 0 Å². The van der Waals surface area contributed by atoms with E-state index in [-0.39, 0.29) is 0 Å². The second kappa shape index (κ2) is 5.02. The van der Waals surface area contributed by atoms with E-state index in [4.69, 9.17) is 6.57 Å². The number of carboxylic acid groups (broad SMARTS) is 1. The smallest absolute Gasteiger partial charge is 0.416 e. The predicted octanol–water partition coefficient (Wildman–Crippen LogP) is 4.05. The monoisotopic (exact) mass is 238 g/mol. The van der Waals surface area contributed by atoms with Crippen molar-refractivity contribution < 1.29 is 9.90 Å². The van der Waals surface area contributed by atoms with Gasteiger partial charge in [-0.1, -0.05) is 30.3 Å². The van der Waals surface area contributed by atoms with Crippen LogP contribution in [0.15, 0.2) is 54.6 Å². The van der Waals surface area contributed by atoms with Crippen molar-refractivity contribution >= 4 is 23.2 Å². The molecule has 4 nitrogen and oxygen atoms in total. The van der Waals surface area contributed by atoms with E-state index in [0.29, 0.717) is 17.1 Å². The minimum Gasteiger partial charge on any atom is -0.464 e. The lowest BCUT2D eigenvalue weighted by Crippen LogP contribution is -2.23. The molecule has 0 saturated carbocycles. The maximum atomic E-state index is 11.3. The SMILES string of the molecule is [C-]#[N+]c1cccc(N(C(=O)O)c2ccccc2)c1. The third kappa shape index (κ3) is 2.30. The van der Waals surface area contributed by atoms with Gasteiger partial charge in [0, 0.05) is 5.69 Å². The molecule has 1 amide bonds. The van der Waals surface area contributed by atoms with Gasteiger partial charge in [0.15, 0.2) is 5.69 Å². The summed E-state index contributed by atoms with van der Waals surface area (Å²) < 4.78 is 0. The second-order valence-corrected chi connectivity index (χ2v) is 3.59. The number of carbonyl (C=O) groups is 1. The first-order valence-corrected chi connectivity index (χ1v) is 5.28. The fourth-order valence-electron chi connectivity index (χ4n) is 1.65. The molecule has 2 aromatic rings. The van der Waals surface area contributed by atoms with Crippen LogP contribution in [0.5, 0.6) is 0 Å². The van der Waals surface area contributed by atoms with E-state index in [1.54, 1.807) is 48.5 Å². The van der Waals surface area contributed by atoms with Crippen molar-refractivity contribution in [3.8, 4) is 0 Å². The molecule has 2 rings (SSSR count). The molecular formula is C14H10N2O2. The van der Waals surface area contributed by atoms with Crippen LogP contribution < -0.4 is 4.90 Å². The summed E-state index contributed by atoms with van der Waals surface area (Å²) >= 11 is 0. The Morgan fingerprint density at radius 2 is 1.72 bits per heavy atom. The fourth-order valence-corrected chi connectivity index (χ4v) is 1.65. The molecule has 0 heterocycles. The molecule has 18 heavy (non-hydrogen) atoms. The molecule has 0 unspecified atom stereocenters. The largest absolute Gasteiger partial charge is 0.464 e. The normalized spacial score (nSPS) is 9.50. The predicted molar refractivity (Wildman–Crippen MR) is 69.3 cm³/mol. The molecule has 0 spiro atoms. The van der Waals surface area contributed by atoms with Crippen LogP contribution in [0.2, 0.25) is 0 Å². The third-order valence-electron chi connectivity index (χ3n) is 2.42. The number of hydrogen-bond acceptors (Lipinski definition) is 1. The maximum absolute atomic E-state index is 11.3. The van der Waals surface area contributed by atoms with Crippen LogP contribution in [0, 0.1) is 6.57 Å². The van der Waals surface area contributed by atoms with Crippen molar-refractivity contribution in [2.24, 2.45) is 0 Å². The van der Waals surface area contributed by atoms with Gasteiger partial charge in [0.25, 0.3) is 0 Å². The molecule has 2 aromatic carbocycles. The number of rotatable bonds is 2. The highest BCUT2D eigenvalue weighted by Crippen LogP contribution is 2.28. The van der Waals surface area contributed by atoms with Gasteiger partial charge in [0.05, 0.1) is 12.3 Å². The van der Waals surface area contributed by atoms with Gasteiger partial charge < -0.3 is 5.11 Å². The van der Waals surface area contributed by atoms with Crippen LogP contribution in [0.3, 0.4) is 0 Å². The average molecular weight is 238 g/mol. The van der Waals surface area contributed by atoms with Gasteiger partial charge >= 0.3 is 6.09 Å². The van der Waals surface area contributed by atoms with Gasteiger partial charge in [-0.25, -0.2) is 14.5 Å². The number of anilines is 2. The third-order valence-corrected chi connectivity index (χ3v) is 2.42. The summed E-state index contributed by atoms with van der Waals surface area (Å²) in [6.45, 7) is 6.95. The zero-order valence-electron chi connectivity index (χ0n) is 9.45. The molecule has 0 aliphatic heterocycles. The van der Waals surface area contributed by atoms with Gasteiger partial charge in [0.2, 0.25) is 0 Å². The zero-order valence-corrected chi connectivity index (χ0v) is 9.45. The van der Waals surface area contributed by atoms with Crippen molar-refractivity contribution in [2.45, 2.75) is 0 Å². The summed E-state index contributed by atoms with van der Waals surface area (Å²) in [5, 5.41) is 9.29. The van der Waals surface area contributed by atoms with Crippen LogP contribution in [0.25, 0.3) is 4.85 Å². The van der Waals surface area contributed by atoms with E-state index in [9.17, 15) is 9.90 Å². The zero-order chi connectivity index (χ0) is 13.0. The highest BCUT2D eigenvalue weighted by Gasteiger charge is 2.16. The molecule has 4 heteroatoms. The average Bonchev–Trinajstić information content (AvgIpc) is 2.40. The lowest BCUT2D eigenvalue weighted by Gasteiger charge is -2.19. The van der Waals surface area contributed by atoms with Gasteiger partial charge in [-0.3, -0.25) is 0 Å². The summed E-state index contributed by atoms with van der Waals surface area (Å²) in [7, 11) is 0. The first-order valence-electron chi connectivity index (χ1n) is 5.28. The van der Waals surface area contributed by atoms with Gasteiger partial charge in [0.1, 0.15) is 0 Å². The fraction of sp³-hybridized carbons (Fsp3) is 0. The Balaban J connectivity index is 2.49. The van der Waals surface area contributed by atoms with Crippen LogP contribution in [-0.4, -0.2) is 11.2 Å². The summed E-state index contributed by atoms with van der Waals surface area (Å²) in [6, 6.07) is 15.3. The van der Waals surface area contributed by atoms with E-state index in [1.807, 2.05) is 6.07 Å². The summed E-state index contributed by atoms with van der Waals surface area (Å²) in [5.41, 5.74) is 1.42. The lowest BCUT2D eigenvalue weighted by atomic mass is 10.2. The first-order chi connectivity index (χ1) is 8.72. The molecule has 0 bridgehead atoms. The van der Waals surface area contributed by atoms with Gasteiger partial charge in [-0.2, -0.15) is 0 Å². The Bertz CT molecular complexity index is 603. The lowest BCUT2D eigenvalue weighted by molar-refractivity contribution is 0.205. The van der Waals surface area contributed by atoms with Gasteiger partial charge in [-0.05, 0) is 24.3 Å². The number of amides is 1. The molecule has 0 aromatic heterocycles. The van der Waals surface area contributed by atoms with Crippen molar-refractivity contribution in [1.82, 2.24) is 0 Å². The summed E-state index contributed by atoms with van der Waals surface area (Å²) in [6.07, 6.45) is -1.08. The number of nitrogens with zero attached hydrogens (tertiary/aromatic N) is 2. The van der Waals surface area contributed by atoms with Crippen molar-refractivity contribution in [2.75, 3.05) is 4.90 Å². The van der Waals surface area contributed by atoms with Crippen molar-refractivity contribution in [1.29, 1.82) is 0 Å². The molecule has 0 atom stereocenters. The highest BCUT2D eigenvalue weighted by atomic mass is 16.4. The van der Waals surface area contributed by atoms with E-state index < -0.39 is 6.09 Å². The highest BCUT2D eigenvalue weighted by molar-refractivity contribution is 5.95. The Hall–Kier alpha value is -2.80. The Morgan fingerprint density at radius 3 is 2.33 bits per heavy atom. The van der Waals surface area contributed by atoms with Crippen LogP contribution in [0.1, 0.15) is 0 Å². The minimum atomic E-state index is -1.08. The van der Waals surface area contributed by atoms with Crippen molar-refractivity contribution in [3.05, 3.63) is 66.0 Å². The molecule has 0 aliphatic rings. The molecule has 0 fully saturated rings. The molecule has 0 radical (unpaired) electrons. The quantitative estimate of drug-likeness (QED) is 0.802. The summed E-state index contributed by atoms with van der Waals surface area (Å²) in [5.74, 6) is 0. The van der Waals surface area contributed by atoms with Crippen LogP contribution >= 0.6 is 0 Å². The molecule has 1 N–H and O–H groups in total. The maximum Gasteiger partial charge on any atom is 0.416 e. The Kier molecular flexibility index (Phi) is 3.26. The number of para-hydroxylation sites is 1. The van der Waals surface area contributed by atoms with E-state index in [2.05, 4.69) is 4.85 Å². The number of hydrogen-bond donors (Lipinski definition) is 1. The van der Waals surface area contributed by atoms with Crippen molar-refractivity contribution in [3.63, 3.8) is 0 Å². The van der Waals surface area contributed by atoms with Crippen LogP contribution in [-0.2, 0) is 0 Å².